The highest BCUT2D eigenvalue weighted by atomic mass is 35.5. The molecule has 1 aromatic heterocycles. The summed E-state index contributed by atoms with van der Waals surface area (Å²) in [4.78, 5) is 6.23. The van der Waals surface area contributed by atoms with Crippen molar-refractivity contribution in [1.82, 2.24) is 15.2 Å². The third kappa shape index (κ3) is 9.70. The maximum absolute atomic E-state index is 13.5. The molecule has 0 amide bonds. The van der Waals surface area contributed by atoms with Gasteiger partial charge in [0.2, 0.25) is 0 Å². The molecule has 55 heavy (non-hydrogen) atoms. The summed E-state index contributed by atoms with van der Waals surface area (Å²) in [5, 5.41) is 24.4. The van der Waals surface area contributed by atoms with E-state index in [2.05, 4.69) is 33.4 Å². The van der Waals surface area contributed by atoms with Gasteiger partial charge in [0.25, 0.3) is 5.92 Å². The van der Waals surface area contributed by atoms with Crippen molar-refractivity contribution in [3.05, 3.63) is 105 Å². The van der Waals surface area contributed by atoms with Crippen LogP contribution in [0.4, 0.5) is 8.78 Å². The first-order valence-corrected chi connectivity index (χ1v) is 19.9. The van der Waals surface area contributed by atoms with Crippen LogP contribution in [0.25, 0.3) is 11.1 Å². The highest BCUT2D eigenvalue weighted by Gasteiger charge is 2.34. The minimum Gasteiger partial charge on any atom is -0.492 e. The van der Waals surface area contributed by atoms with E-state index in [0.29, 0.717) is 72.1 Å². The Morgan fingerprint density at radius 1 is 0.945 bits per heavy atom. The molecule has 0 unspecified atom stereocenters. The first kappa shape index (κ1) is 39.3. The molecule has 1 aliphatic heterocycles. The van der Waals surface area contributed by atoms with E-state index >= 15 is 0 Å². The largest absolute Gasteiger partial charge is 0.492 e. The van der Waals surface area contributed by atoms with E-state index < -0.39 is 12.0 Å². The SMILES string of the molecule is N#Cc1cncc(COc2cc(O[C@H]3CCc4c(-c5cccc(OCCCN6CCC(F)(F)CC6)c5Cl)cccc43)c(Cl)cc2CN[C@@H]2CCCC[C@@H]2O)c1. The van der Waals surface area contributed by atoms with Crippen molar-refractivity contribution in [2.75, 3.05) is 26.2 Å². The Bertz CT molecular complexity index is 2000. The van der Waals surface area contributed by atoms with Crippen LogP contribution in [-0.2, 0) is 19.6 Å². The summed E-state index contributed by atoms with van der Waals surface area (Å²) >= 11 is 13.9. The zero-order valence-corrected chi connectivity index (χ0v) is 32.2. The molecule has 4 aromatic rings. The van der Waals surface area contributed by atoms with E-state index in [1.54, 1.807) is 12.3 Å². The summed E-state index contributed by atoms with van der Waals surface area (Å²) in [6.07, 6.45) is 8.36. The van der Waals surface area contributed by atoms with Crippen LogP contribution >= 0.6 is 23.2 Å². The van der Waals surface area contributed by atoms with E-state index in [1.165, 1.54) is 6.20 Å². The Labute approximate surface area is 331 Å². The van der Waals surface area contributed by atoms with Crippen LogP contribution in [-0.4, -0.2) is 59.3 Å². The van der Waals surface area contributed by atoms with Crippen molar-refractivity contribution in [3.63, 3.8) is 0 Å². The summed E-state index contributed by atoms with van der Waals surface area (Å²) < 4.78 is 46.2. The second-order valence-electron chi connectivity index (χ2n) is 14.7. The standard InChI is InChI=1S/C43H46Cl2F2N4O4/c44-35-21-30(26-50-36-9-1-2-10-37(36)52)40(54-27-29-20-28(23-48)24-49-25-29)22-41(35)55-38-13-12-32-31(6-3-7-33(32)38)34-8-4-11-39(42(34)45)53-19-5-16-51-17-14-43(46,47)15-18-51/h3-4,6-8,11,20-22,24-25,36-38,50,52H,1-2,5,9-10,12-19,26-27H2/t36-,37+,38+/m1/s1. The van der Waals surface area contributed by atoms with Gasteiger partial charge in [0, 0.05) is 80.2 Å². The third-order valence-electron chi connectivity index (χ3n) is 10.9. The number of hydrogen-bond donors (Lipinski definition) is 2. The topological polar surface area (TPSA) is 99.9 Å². The Morgan fingerprint density at radius 2 is 1.75 bits per heavy atom. The van der Waals surface area contributed by atoms with Gasteiger partial charge < -0.3 is 29.5 Å². The molecule has 290 valence electrons. The molecule has 8 nitrogen and oxygen atoms in total. The zero-order valence-electron chi connectivity index (χ0n) is 30.7. The number of halogens is 4. The number of nitrogens with zero attached hydrogens (tertiary/aromatic N) is 3. The first-order valence-electron chi connectivity index (χ1n) is 19.2. The lowest BCUT2D eigenvalue weighted by Gasteiger charge is -2.31. The van der Waals surface area contributed by atoms with Crippen molar-refractivity contribution >= 4 is 23.2 Å². The fourth-order valence-corrected chi connectivity index (χ4v) is 8.38. The first-order chi connectivity index (χ1) is 26.7. The Kier molecular flexibility index (Phi) is 12.8. The molecule has 3 aromatic carbocycles. The number of benzene rings is 3. The fraction of sp³-hybridized carbons (Fsp3) is 0.442. The van der Waals surface area contributed by atoms with Crippen LogP contribution in [0.1, 0.15) is 85.3 Å². The number of aliphatic hydroxyl groups is 1. The molecular weight excluding hydrogens is 745 g/mol. The van der Waals surface area contributed by atoms with Gasteiger partial charge in [-0.2, -0.15) is 5.26 Å². The van der Waals surface area contributed by atoms with Gasteiger partial charge in [0.1, 0.15) is 36.0 Å². The number of nitriles is 1. The van der Waals surface area contributed by atoms with Gasteiger partial charge in [-0.3, -0.25) is 4.98 Å². The predicted octanol–water partition coefficient (Wildman–Crippen LogP) is 9.47. The molecule has 0 radical (unpaired) electrons. The van der Waals surface area contributed by atoms with Gasteiger partial charge in [-0.1, -0.05) is 66.4 Å². The number of pyridine rings is 1. The molecule has 3 aliphatic rings. The van der Waals surface area contributed by atoms with Crippen molar-refractivity contribution in [1.29, 1.82) is 5.26 Å². The lowest BCUT2D eigenvalue weighted by Crippen LogP contribution is -2.41. The number of fused-ring (bicyclic) bond motifs is 1. The molecule has 0 bridgehead atoms. The maximum Gasteiger partial charge on any atom is 0.250 e. The molecule has 1 saturated carbocycles. The van der Waals surface area contributed by atoms with Gasteiger partial charge in [-0.15, -0.1) is 0 Å². The monoisotopic (exact) mass is 790 g/mol. The number of piperidine rings is 1. The smallest absolute Gasteiger partial charge is 0.250 e. The van der Waals surface area contributed by atoms with Crippen molar-refractivity contribution in [2.45, 2.75) is 95.1 Å². The molecule has 3 atom stereocenters. The summed E-state index contributed by atoms with van der Waals surface area (Å²) in [6.45, 7) is 2.59. The lowest BCUT2D eigenvalue weighted by molar-refractivity contribution is -0.0554. The van der Waals surface area contributed by atoms with Gasteiger partial charge in [0.15, 0.2) is 0 Å². The summed E-state index contributed by atoms with van der Waals surface area (Å²) in [5.74, 6) is -0.869. The predicted molar refractivity (Wildman–Crippen MR) is 209 cm³/mol. The molecule has 7 rings (SSSR count). The van der Waals surface area contributed by atoms with E-state index in [0.717, 1.165) is 71.9 Å². The van der Waals surface area contributed by atoms with Crippen LogP contribution in [0.3, 0.4) is 0 Å². The van der Waals surface area contributed by atoms with Crippen molar-refractivity contribution in [3.8, 4) is 34.4 Å². The number of hydrogen-bond acceptors (Lipinski definition) is 8. The van der Waals surface area contributed by atoms with E-state index in [4.69, 9.17) is 37.4 Å². The van der Waals surface area contributed by atoms with Crippen LogP contribution in [0, 0.1) is 11.3 Å². The number of alkyl halides is 2. The van der Waals surface area contributed by atoms with Crippen molar-refractivity contribution in [2.24, 2.45) is 0 Å². The van der Waals surface area contributed by atoms with Gasteiger partial charge in [0.05, 0.1) is 28.3 Å². The van der Waals surface area contributed by atoms with Gasteiger partial charge in [-0.25, -0.2) is 8.78 Å². The number of aromatic nitrogens is 1. The molecule has 0 spiro atoms. The fourth-order valence-electron chi connectivity index (χ4n) is 7.87. The maximum atomic E-state index is 13.5. The summed E-state index contributed by atoms with van der Waals surface area (Å²) in [5.41, 5.74) is 6.15. The van der Waals surface area contributed by atoms with Crippen LogP contribution in [0.2, 0.25) is 10.0 Å². The minimum atomic E-state index is -2.55. The average Bonchev–Trinajstić information content (AvgIpc) is 3.60. The molecule has 1 saturated heterocycles. The number of aliphatic hydroxyl groups excluding tert-OH is 1. The molecule has 2 fully saturated rings. The number of likely N-dealkylation sites (tertiary alicyclic amines) is 1. The normalized spacial score (nSPS) is 20.8. The Hall–Kier alpha value is -3.98. The van der Waals surface area contributed by atoms with E-state index in [1.807, 2.05) is 36.4 Å². The zero-order chi connectivity index (χ0) is 38.4. The Balaban J connectivity index is 1.06. The van der Waals surface area contributed by atoms with Crippen LogP contribution in [0.5, 0.6) is 17.2 Å². The molecule has 12 heteroatoms. The van der Waals surface area contributed by atoms with Crippen molar-refractivity contribution < 1.29 is 28.1 Å². The highest BCUT2D eigenvalue weighted by Crippen LogP contribution is 2.45. The summed E-state index contributed by atoms with van der Waals surface area (Å²) in [7, 11) is 0. The molecular formula is C43H46Cl2F2N4O4. The second kappa shape index (κ2) is 17.9. The number of nitrogens with one attached hydrogen (secondary N) is 1. The van der Waals surface area contributed by atoms with Gasteiger partial charge >= 0.3 is 0 Å². The average molecular weight is 792 g/mol. The second-order valence-corrected chi connectivity index (χ2v) is 15.5. The minimum absolute atomic E-state index is 0.0114. The highest BCUT2D eigenvalue weighted by molar-refractivity contribution is 6.35. The molecule has 2 N–H and O–H groups in total. The van der Waals surface area contributed by atoms with Gasteiger partial charge in [-0.05, 0) is 67.0 Å². The molecule has 2 aliphatic carbocycles. The number of rotatable bonds is 14. The van der Waals surface area contributed by atoms with Crippen LogP contribution in [0.15, 0.2) is 67.0 Å². The quantitative estimate of drug-likeness (QED) is 0.122. The Morgan fingerprint density at radius 3 is 2.56 bits per heavy atom. The number of ether oxygens (including phenoxy) is 3. The van der Waals surface area contributed by atoms with E-state index in [-0.39, 0.29) is 31.6 Å². The summed E-state index contributed by atoms with van der Waals surface area (Å²) in [6, 6.07) is 19.5. The third-order valence-corrected chi connectivity index (χ3v) is 11.6. The molecule has 2 heterocycles. The lowest BCUT2D eigenvalue weighted by atomic mass is 9.92. The van der Waals surface area contributed by atoms with E-state index in [9.17, 15) is 19.1 Å². The van der Waals surface area contributed by atoms with Crippen LogP contribution < -0.4 is 19.5 Å².